The van der Waals surface area contributed by atoms with E-state index in [-0.39, 0.29) is 24.9 Å². The van der Waals surface area contributed by atoms with Crippen molar-refractivity contribution in [3.05, 3.63) is 30.9 Å². The first-order valence-corrected chi connectivity index (χ1v) is 14.7. The topological polar surface area (TPSA) is 42.0 Å². The van der Waals surface area contributed by atoms with Crippen molar-refractivity contribution in [1.82, 2.24) is 0 Å². The van der Waals surface area contributed by atoms with Crippen molar-refractivity contribution < 1.29 is 27.4 Å². The van der Waals surface area contributed by atoms with E-state index in [9.17, 15) is 18.0 Å². The molecular weight excluding hydrogens is 449 g/mol. The van der Waals surface area contributed by atoms with Crippen molar-refractivity contribution in [2.75, 3.05) is 36.8 Å². The van der Waals surface area contributed by atoms with Gasteiger partial charge in [-0.05, 0) is 31.0 Å². The fourth-order valence-electron chi connectivity index (χ4n) is 3.60. The fourth-order valence-corrected chi connectivity index (χ4v) is 4.36. The highest BCUT2D eigenvalue weighted by Crippen LogP contribution is 2.48. The second kappa shape index (κ2) is 9.43. The molecule has 1 aliphatic carbocycles. The Morgan fingerprint density at radius 3 is 2.52 bits per heavy atom. The summed E-state index contributed by atoms with van der Waals surface area (Å²) in [7, 11) is 0.0293. The Kier molecular flexibility index (Phi) is 7.20. The van der Waals surface area contributed by atoms with Gasteiger partial charge in [0.25, 0.3) is 11.4 Å². The third-order valence-electron chi connectivity index (χ3n) is 5.70. The molecule has 180 valence electrons. The average Bonchev–Trinajstić information content (AvgIpc) is 3.55. The average molecular weight is 481 g/mol. The number of carbonyl (C=O) groups excluding carboxylic acids is 1. The van der Waals surface area contributed by atoms with Crippen LogP contribution in [0.4, 0.5) is 24.5 Å². The molecule has 0 spiro atoms. The summed E-state index contributed by atoms with van der Waals surface area (Å²) >= 11 is 0. The molecule has 1 fully saturated rings. The second-order valence-corrected chi connectivity index (χ2v) is 15.2. The number of benzene rings is 1. The Balaban J connectivity index is 2.13. The largest absolute Gasteiger partial charge is 0.497 e. The summed E-state index contributed by atoms with van der Waals surface area (Å²) in [4.78, 5) is 15.7. The smallest absolute Gasteiger partial charge is 0.432 e. The van der Waals surface area contributed by atoms with Crippen LogP contribution in [-0.2, 0) is 9.53 Å². The molecule has 0 bridgehead atoms. The van der Waals surface area contributed by atoms with Crippen LogP contribution >= 0.6 is 0 Å². The molecule has 1 heterocycles. The SMILES string of the molecule is C=CCN1c2cc(OC)ccc2N(COCC[Si](C)(C)C)C(=O)C1(C#CC1CC1)C(F)(F)F. The maximum Gasteiger partial charge on any atom is 0.432 e. The van der Waals surface area contributed by atoms with E-state index in [0.29, 0.717) is 18.0 Å². The number of halogens is 3. The van der Waals surface area contributed by atoms with Gasteiger partial charge in [-0.1, -0.05) is 37.6 Å². The summed E-state index contributed by atoms with van der Waals surface area (Å²) in [6, 6.07) is 5.53. The maximum absolute atomic E-state index is 14.8. The molecular formula is C24H31F3N2O3Si. The van der Waals surface area contributed by atoms with Crippen LogP contribution in [0.25, 0.3) is 0 Å². The van der Waals surface area contributed by atoms with E-state index in [1.165, 1.54) is 19.3 Å². The van der Waals surface area contributed by atoms with E-state index in [4.69, 9.17) is 9.47 Å². The highest BCUT2D eigenvalue weighted by atomic mass is 28.3. The summed E-state index contributed by atoms with van der Waals surface area (Å²) in [5.41, 5.74) is -2.51. The zero-order valence-corrected chi connectivity index (χ0v) is 20.6. The van der Waals surface area contributed by atoms with Gasteiger partial charge in [-0.3, -0.25) is 9.69 Å². The van der Waals surface area contributed by atoms with Gasteiger partial charge < -0.3 is 14.4 Å². The van der Waals surface area contributed by atoms with E-state index in [2.05, 4.69) is 38.1 Å². The molecule has 0 aromatic heterocycles. The van der Waals surface area contributed by atoms with Crippen LogP contribution < -0.4 is 14.5 Å². The summed E-state index contributed by atoms with van der Waals surface area (Å²) in [5, 5.41) is 0. The summed E-state index contributed by atoms with van der Waals surface area (Å²) in [6.07, 6.45) is -2.13. The van der Waals surface area contributed by atoms with Crippen LogP contribution in [0.5, 0.6) is 5.75 Å². The Morgan fingerprint density at radius 1 is 1.27 bits per heavy atom. The number of alkyl halides is 3. The summed E-state index contributed by atoms with van der Waals surface area (Å²) < 4.78 is 55.4. The molecule has 1 amide bonds. The molecule has 1 unspecified atom stereocenters. The number of hydrogen-bond acceptors (Lipinski definition) is 4. The standard InChI is InChI=1S/C24H31F3N2O3Si/c1-6-13-29-21-16-19(31-2)9-10-20(21)28(17-32-14-15-33(3,4)5)22(30)23(29,24(25,26)27)12-11-18-7-8-18/h6,9-10,16,18H,1,7-8,13-15,17H2,2-5H3. The molecule has 1 atom stereocenters. The van der Waals surface area contributed by atoms with E-state index < -0.39 is 25.7 Å². The van der Waals surface area contributed by atoms with Gasteiger partial charge in [0, 0.05) is 33.2 Å². The van der Waals surface area contributed by atoms with E-state index >= 15 is 0 Å². The zero-order chi connectivity index (χ0) is 24.4. The number of ether oxygens (including phenoxy) is 2. The van der Waals surface area contributed by atoms with Crippen molar-refractivity contribution in [2.45, 2.75) is 50.2 Å². The molecule has 5 nitrogen and oxygen atoms in total. The molecule has 9 heteroatoms. The Labute approximate surface area is 194 Å². The number of fused-ring (bicyclic) bond motifs is 1. The van der Waals surface area contributed by atoms with E-state index in [0.717, 1.165) is 28.7 Å². The molecule has 0 N–H and O–H groups in total. The Bertz CT molecular complexity index is 960. The number of amides is 1. The first kappa shape index (κ1) is 25.2. The lowest BCUT2D eigenvalue weighted by Crippen LogP contribution is -2.70. The molecule has 0 radical (unpaired) electrons. The van der Waals surface area contributed by atoms with Crippen LogP contribution in [0.3, 0.4) is 0 Å². The monoisotopic (exact) mass is 480 g/mol. The van der Waals surface area contributed by atoms with Gasteiger partial charge in [0.05, 0.1) is 18.5 Å². The van der Waals surface area contributed by atoms with Crippen LogP contribution in [0.15, 0.2) is 30.9 Å². The molecule has 3 rings (SSSR count). The third kappa shape index (κ3) is 5.22. The number of hydrogen-bond donors (Lipinski definition) is 0. The lowest BCUT2D eigenvalue weighted by atomic mass is 9.89. The van der Waals surface area contributed by atoms with E-state index in [1.54, 1.807) is 12.1 Å². The van der Waals surface area contributed by atoms with E-state index in [1.807, 2.05) is 0 Å². The molecule has 1 aromatic rings. The summed E-state index contributed by atoms with van der Waals surface area (Å²) in [6.45, 7) is 10.0. The maximum atomic E-state index is 14.8. The van der Waals surface area contributed by atoms with Crippen LogP contribution in [0.1, 0.15) is 12.8 Å². The minimum Gasteiger partial charge on any atom is -0.497 e. The van der Waals surface area contributed by atoms with Gasteiger partial charge in [-0.2, -0.15) is 13.2 Å². The molecule has 0 saturated heterocycles. The van der Waals surface area contributed by atoms with Crippen molar-refractivity contribution in [3.8, 4) is 17.6 Å². The third-order valence-corrected chi connectivity index (χ3v) is 7.40. The number of anilines is 2. The van der Waals surface area contributed by atoms with Crippen LogP contribution in [0.2, 0.25) is 25.7 Å². The Hall–Kier alpha value is -2.44. The van der Waals surface area contributed by atoms with Gasteiger partial charge in [0.2, 0.25) is 0 Å². The Morgan fingerprint density at radius 2 is 1.97 bits per heavy atom. The quantitative estimate of drug-likeness (QED) is 0.226. The minimum absolute atomic E-state index is 0.115. The lowest BCUT2D eigenvalue weighted by molar-refractivity contribution is -0.178. The lowest BCUT2D eigenvalue weighted by Gasteiger charge is -2.48. The zero-order valence-electron chi connectivity index (χ0n) is 19.6. The first-order chi connectivity index (χ1) is 15.4. The van der Waals surface area contributed by atoms with Gasteiger partial charge in [0.1, 0.15) is 12.5 Å². The van der Waals surface area contributed by atoms with Crippen molar-refractivity contribution in [1.29, 1.82) is 0 Å². The number of nitrogens with zero attached hydrogens (tertiary/aromatic N) is 2. The minimum atomic E-state index is -4.95. The van der Waals surface area contributed by atoms with Crippen molar-refractivity contribution >= 4 is 25.4 Å². The molecule has 2 aliphatic rings. The predicted octanol–water partition coefficient (Wildman–Crippen LogP) is 5.06. The number of carbonyl (C=O) groups is 1. The van der Waals surface area contributed by atoms with Gasteiger partial charge >= 0.3 is 6.18 Å². The normalized spacial score (nSPS) is 20.8. The van der Waals surface area contributed by atoms with Crippen molar-refractivity contribution in [2.24, 2.45) is 5.92 Å². The molecule has 1 saturated carbocycles. The number of rotatable bonds is 8. The van der Waals surface area contributed by atoms with Crippen molar-refractivity contribution in [3.63, 3.8) is 0 Å². The van der Waals surface area contributed by atoms with Gasteiger partial charge in [-0.15, -0.1) is 6.58 Å². The van der Waals surface area contributed by atoms with Crippen LogP contribution in [-0.4, -0.2) is 52.7 Å². The molecule has 1 aliphatic heterocycles. The molecule has 33 heavy (non-hydrogen) atoms. The first-order valence-electron chi connectivity index (χ1n) is 11.0. The second-order valence-electron chi connectivity index (χ2n) is 9.59. The summed E-state index contributed by atoms with van der Waals surface area (Å²) in [5.74, 6) is 4.17. The predicted molar refractivity (Wildman–Crippen MR) is 126 cm³/mol. The van der Waals surface area contributed by atoms with Gasteiger partial charge in [0.15, 0.2) is 0 Å². The fraction of sp³-hybridized carbons (Fsp3) is 0.542. The van der Waals surface area contributed by atoms with Gasteiger partial charge in [-0.25, -0.2) is 0 Å². The van der Waals surface area contributed by atoms with Crippen LogP contribution in [0, 0.1) is 17.8 Å². The molecule has 1 aromatic carbocycles. The highest BCUT2D eigenvalue weighted by molar-refractivity contribution is 6.76. The number of methoxy groups -OCH3 is 1. The highest BCUT2D eigenvalue weighted by Gasteiger charge is 2.67.